The van der Waals surface area contributed by atoms with Crippen LogP contribution in [0.4, 0.5) is 0 Å². The first-order chi connectivity index (χ1) is 18.4. The molecule has 5 rings (SSSR count). The molecule has 1 aliphatic rings. The van der Waals surface area contributed by atoms with Gasteiger partial charge in [-0.3, -0.25) is 0 Å². The van der Waals surface area contributed by atoms with Gasteiger partial charge in [0.25, 0.3) is 0 Å². The third-order valence-electron chi connectivity index (χ3n) is 5.70. The normalized spacial score (nSPS) is 13.7. The Balaban J connectivity index is 1.39. The average Bonchev–Trinajstić information content (AvgIpc) is 3.30. The quantitative estimate of drug-likeness (QED) is 0.0971. The molecule has 0 fully saturated rings. The Hall–Kier alpha value is -3.95. The van der Waals surface area contributed by atoms with Crippen LogP contribution in [0.1, 0.15) is 21.5 Å². The number of cyclic esters (lactones) is 1. The van der Waals surface area contributed by atoms with E-state index < -0.39 is 11.9 Å². The average molecular weight is 636 g/mol. The van der Waals surface area contributed by atoms with Gasteiger partial charge in [-0.05, 0) is 81.8 Å². The fraction of sp³-hybridized carbons (Fsp3) is 0.0333. The van der Waals surface area contributed by atoms with Crippen LogP contribution in [0, 0.1) is 3.57 Å². The van der Waals surface area contributed by atoms with Crippen molar-refractivity contribution in [3.05, 3.63) is 122 Å². The van der Waals surface area contributed by atoms with E-state index in [0.717, 1.165) is 11.1 Å². The van der Waals surface area contributed by atoms with Gasteiger partial charge < -0.3 is 14.2 Å². The highest BCUT2D eigenvalue weighted by Crippen LogP contribution is 2.36. The number of esters is 2. The summed E-state index contributed by atoms with van der Waals surface area (Å²) in [5, 5.41) is 0.288. The Morgan fingerprint density at radius 1 is 0.921 bits per heavy atom. The lowest BCUT2D eigenvalue weighted by Crippen LogP contribution is -2.11. The van der Waals surface area contributed by atoms with E-state index in [-0.39, 0.29) is 27.9 Å². The lowest BCUT2D eigenvalue weighted by Gasteiger charge is -2.13. The molecule has 4 aromatic carbocycles. The summed E-state index contributed by atoms with van der Waals surface area (Å²) in [5.41, 5.74) is 3.84. The first-order valence-corrected chi connectivity index (χ1v) is 12.9. The highest BCUT2D eigenvalue weighted by atomic mass is 127. The number of ether oxygens (including phenoxy) is 3. The Kier molecular flexibility index (Phi) is 7.57. The second kappa shape index (κ2) is 11.2. The minimum atomic E-state index is -0.607. The summed E-state index contributed by atoms with van der Waals surface area (Å²) in [6, 6.07) is 27.7. The molecule has 4 aromatic rings. The van der Waals surface area contributed by atoms with Gasteiger partial charge in [-0.15, -0.1) is 0 Å². The third kappa shape index (κ3) is 5.49. The van der Waals surface area contributed by atoms with Gasteiger partial charge >= 0.3 is 11.9 Å². The highest BCUT2D eigenvalue weighted by Gasteiger charge is 2.25. The summed E-state index contributed by atoms with van der Waals surface area (Å²) in [5.74, 6) is -0.374. The number of benzene rings is 4. The van der Waals surface area contributed by atoms with E-state index in [4.69, 9.17) is 25.8 Å². The molecule has 1 heterocycles. The monoisotopic (exact) mass is 635 g/mol. The Morgan fingerprint density at radius 3 is 2.29 bits per heavy atom. The van der Waals surface area contributed by atoms with E-state index in [1.807, 2.05) is 77.2 Å². The first kappa shape index (κ1) is 25.7. The summed E-state index contributed by atoms with van der Waals surface area (Å²) >= 11 is 8.16. The SMILES string of the molecule is COc1cc(/C=C2\N=C(c3ccc(-c4ccccc4)cc3)OC2=O)cc(I)c1OC(=O)c1ccccc1Cl. The van der Waals surface area contributed by atoms with Crippen LogP contribution in [0.3, 0.4) is 0 Å². The molecule has 188 valence electrons. The van der Waals surface area contributed by atoms with Crippen molar-refractivity contribution < 1.29 is 23.8 Å². The smallest absolute Gasteiger partial charge is 0.363 e. The number of nitrogens with zero attached hydrogens (tertiary/aromatic N) is 1. The predicted molar refractivity (Wildman–Crippen MR) is 155 cm³/mol. The fourth-order valence-corrected chi connectivity index (χ4v) is 4.77. The molecule has 0 spiro atoms. The van der Waals surface area contributed by atoms with Crippen LogP contribution >= 0.6 is 34.2 Å². The van der Waals surface area contributed by atoms with E-state index >= 15 is 0 Å². The number of rotatable bonds is 6. The molecule has 0 bridgehead atoms. The zero-order valence-corrected chi connectivity index (χ0v) is 22.9. The zero-order valence-electron chi connectivity index (χ0n) is 20.0. The number of carbonyl (C=O) groups excluding carboxylic acids is 2. The van der Waals surface area contributed by atoms with E-state index in [9.17, 15) is 9.59 Å². The first-order valence-electron chi connectivity index (χ1n) is 11.5. The lowest BCUT2D eigenvalue weighted by atomic mass is 10.0. The van der Waals surface area contributed by atoms with Crippen molar-refractivity contribution in [1.82, 2.24) is 0 Å². The minimum Gasteiger partial charge on any atom is -0.493 e. The van der Waals surface area contributed by atoms with Gasteiger partial charge in [0.15, 0.2) is 17.2 Å². The predicted octanol–water partition coefficient (Wildman–Crippen LogP) is 7.18. The largest absolute Gasteiger partial charge is 0.493 e. The van der Waals surface area contributed by atoms with Gasteiger partial charge in [-0.25, -0.2) is 14.6 Å². The molecule has 0 N–H and O–H groups in total. The van der Waals surface area contributed by atoms with Crippen LogP contribution in [-0.4, -0.2) is 24.9 Å². The minimum absolute atomic E-state index is 0.144. The molecule has 8 heteroatoms. The van der Waals surface area contributed by atoms with Gasteiger partial charge in [-0.2, -0.15) is 0 Å². The Labute approximate surface area is 237 Å². The fourth-order valence-electron chi connectivity index (χ4n) is 3.82. The summed E-state index contributed by atoms with van der Waals surface area (Å²) in [6.07, 6.45) is 1.60. The maximum Gasteiger partial charge on any atom is 0.363 e. The summed E-state index contributed by atoms with van der Waals surface area (Å²) < 4.78 is 17.1. The van der Waals surface area contributed by atoms with Gasteiger partial charge in [-0.1, -0.05) is 66.2 Å². The standard InChI is InChI=1S/C30H19ClINO5/c1-36-26-17-18(15-24(32)27(26)37-29(34)22-9-5-6-10-23(22)31)16-25-30(35)38-28(33-25)21-13-11-20(12-14-21)19-7-3-2-4-8-19/h2-17H,1H3/b25-16-. The molecule has 0 aliphatic carbocycles. The van der Waals surface area contributed by atoms with Crippen molar-refractivity contribution in [3.63, 3.8) is 0 Å². The van der Waals surface area contributed by atoms with Gasteiger partial charge in [0.05, 0.1) is 21.3 Å². The van der Waals surface area contributed by atoms with Crippen LogP contribution < -0.4 is 9.47 Å². The van der Waals surface area contributed by atoms with Crippen molar-refractivity contribution in [3.8, 4) is 22.6 Å². The molecule has 0 saturated heterocycles. The number of aliphatic imine (C=N–C) groups is 1. The molecule has 0 aromatic heterocycles. The second-order valence-electron chi connectivity index (χ2n) is 8.18. The number of methoxy groups -OCH3 is 1. The summed E-state index contributed by atoms with van der Waals surface area (Å²) in [6.45, 7) is 0. The second-order valence-corrected chi connectivity index (χ2v) is 9.75. The Bertz CT molecular complexity index is 1600. The number of hydrogen-bond donors (Lipinski definition) is 0. The molecule has 0 unspecified atom stereocenters. The van der Waals surface area contributed by atoms with E-state index in [1.54, 1.807) is 42.5 Å². The molecular weight excluding hydrogens is 617 g/mol. The molecule has 6 nitrogen and oxygen atoms in total. The van der Waals surface area contributed by atoms with Crippen LogP contribution in [-0.2, 0) is 9.53 Å². The number of carbonyl (C=O) groups is 2. The van der Waals surface area contributed by atoms with Crippen molar-refractivity contribution >= 4 is 58.1 Å². The van der Waals surface area contributed by atoms with E-state index in [0.29, 0.717) is 20.4 Å². The van der Waals surface area contributed by atoms with Crippen molar-refractivity contribution in [2.45, 2.75) is 0 Å². The molecule has 1 aliphatic heterocycles. The molecule has 38 heavy (non-hydrogen) atoms. The van der Waals surface area contributed by atoms with E-state index in [2.05, 4.69) is 4.99 Å². The summed E-state index contributed by atoms with van der Waals surface area (Å²) in [4.78, 5) is 29.7. The van der Waals surface area contributed by atoms with Crippen LogP contribution in [0.15, 0.2) is 102 Å². The zero-order chi connectivity index (χ0) is 26.6. The topological polar surface area (TPSA) is 74.2 Å². The molecule has 0 amide bonds. The molecule has 0 radical (unpaired) electrons. The lowest BCUT2D eigenvalue weighted by molar-refractivity contribution is -0.129. The third-order valence-corrected chi connectivity index (χ3v) is 6.83. The molecule has 0 atom stereocenters. The summed E-state index contributed by atoms with van der Waals surface area (Å²) in [7, 11) is 1.47. The van der Waals surface area contributed by atoms with Crippen molar-refractivity contribution in [2.24, 2.45) is 4.99 Å². The van der Waals surface area contributed by atoms with Crippen LogP contribution in [0.25, 0.3) is 17.2 Å². The van der Waals surface area contributed by atoms with Gasteiger partial charge in [0.2, 0.25) is 5.90 Å². The molecular formula is C30H19ClINO5. The maximum absolute atomic E-state index is 12.7. The Morgan fingerprint density at radius 2 is 1.58 bits per heavy atom. The molecule has 0 saturated carbocycles. The van der Waals surface area contributed by atoms with Gasteiger partial charge in [0, 0.05) is 5.56 Å². The highest BCUT2D eigenvalue weighted by molar-refractivity contribution is 14.1. The van der Waals surface area contributed by atoms with Crippen molar-refractivity contribution in [2.75, 3.05) is 7.11 Å². The van der Waals surface area contributed by atoms with Crippen LogP contribution in [0.5, 0.6) is 11.5 Å². The maximum atomic E-state index is 12.7. The van der Waals surface area contributed by atoms with Gasteiger partial charge in [0.1, 0.15) is 0 Å². The van der Waals surface area contributed by atoms with E-state index in [1.165, 1.54) is 7.11 Å². The van der Waals surface area contributed by atoms with Crippen molar-refractivity contribution in [1.29, 1.82) is 0 Å². The van der Waals surface area contributed by atoms with Crippen LogP contribution in [0.2, 0.25) is 5.02 Å². The number of hydrogen-bond acceptors (Lipinski definition) is 6. The number of halogens is 2.